The molecule has 1 aliphatic heterocycles. The minimum Gasteiger partial charge on any atom is -0.478 e. The number of aromatic nitrogens is 2. The fraction of sp³-hybridized carbons (Fsp3) is 0.310. The van der Waals surface area contributed by atoms with Gasteiger partial charge in [0.2, 0.25) is 5.89 Å². The third-order valence-electron chi connectivity index (χ3n) is 7.43. The molecule has 1 N–H and O–H groups in total. The van der Waals surface area contributed by atoms with Crippen molar-refractivity contribution in [1.29, 1.82) is 0 Å². The van der Waals surface area contributed by atoms with Gasteiger partial charge in [-0.2, -0.15) is 0 Å². The van der Waals surface area contributed by atoms with Gasteiger partial charge in [-0.05, 0) is 43.5 Å². The highest BCUT2D eigenvalue weighted by atomic mass is 16.5. The maximum atomic E-state index is 11.9. The van der Waals surface area contributed by atoms with Crippen LogP contribution in [-0.2, 0) is 16.9 Å². The zero-order valence-corrected chi connectivity index (χ0v) is 19.8. The van der Waals surface area contributed by atoms with Crippen LogP contribution in [0.15, 0.2) is 59.3 Å². The maximum Gasteiger partial charge on any atom is 0.335 e. The van der Waals surface area contributed by atoms with E-state index >= 15 is 0 Å². The molecule has 6 rings (SSSR count). The Balaban J connectivity index is 1.72. The lowest BCUT2D eigenvalue weighted by Gasteiger charge is -2.38. The summed E-state index contributed by atoms with van der Waals surface area (Å²) in [7, 11) is 0. The molecule has 6 nitrogen and oxygen atoms in total. The lowest BCUT2D eigenvalue weighted by atomic mass is 9.77. The van der Waals surface area contributed by atoms with E-state index in [1.807, 2.05) is 12.1 Å². The van der Waals surface area contributed by atoms with Crippen molar-refractivity contribution in [2.24, 2.45) is 0 Å². The Labute approximate surface area is 203 Å². The molecular formula is C29H28N2O4. The number of carbonyl (C=O) groups is 1. The number of allylic oxidation sites excluding steroid dienone is 1. The summed E-state index contributed by atoms with van der Waals surface area (Å²) >= 11 is 0. The van der Waals surface area contributed by atoms with Crippen molar-refractivity contribution in [3.05, 3.63) is 77.5 Å². The molecule has 1 saturated carbocycles. The van der Waals surface area contributed by atoms with E-state index in [1.54, 1.807) is 24.6 Å². The number of carboxylic acid groups (broad SMARTS) is 1. The van der Waals surface area contributed by atoms with Gasteiger partial charge in [-0.15, -0.1) is 0 Å². The van der Waals surface area contributed by atoms with E-state index in [0.29, 0.717) is 19.0 Å². The number of aromatic carboxylic acids is 1. The first kappa shape index (κ1) is 21.9. The molecular weight excluding hydrogens is 440 g/mol. The number of fused-ring (bicyclic) bond motifs is 5. The molecule has 1 aliphatic carbocycles. The fourth-order valence-corrected chi connectivity index (χ4v) is 6.01. The smallest absolute Gasteiger partial charge is 0.335 e. The summed E-state index contributed by atoms with van der Waals surface area (Å²) in [5.41, 5.74) is 6.20. The maximum absolute atomic E-state index is 11.9. The number of hydrogen-bond donors (Lipinski definition) is 1. The van der Waals surface area contributed by atoms with Gasteiger partial charge in [-0.3, -0.25) is 0 Å². The van der Waals surface area contributed by atoms with Crippen molar-refractivity contribution in [3.8, 4) is 11.3 Å². The van der Waals surface area contributed by atoms with Crippen molar-refractivity contribution >= 4 is 28.5 Å². The predicted octanol–water partition coefficient (Wildman–Crippen LogP) is 6.74. The van der Waals surface area contributed by atoms with E-state index in [9.17, 15) is 9.90 Å². The van der Waals surface area contributed by atoms with E-state index in [0.717, 1.165) is 59.0 Å². The average Bonchev–Trinajstić information content (AvgIpc) is 3.48. The van der Waals surface area contributed by atoms with Crippen molar-refractivity contribution in [3.63, 3.8) is 0 Å². The molecule has 2 aliphatic rings. The first-order chi connectivity index (χ1) is 17.1. The summed E-state index contributed by atoms with van der Waals surface area (Å²) in [6, 6.07) is 13.9. The molecule has 0 amide bonds. The lowest BCUT2D eigenvalue weighted by Crippen LogP contribution is -2.33. The molecule has 35 heavy (non-hydrogen) atoms. The first-order valence-corrected chi connectivity index (χ1v) is 12.3. The Kier molecular flexibility index (Phi) is 5.33. The molecule has 0 bridgehead atoms. The van der Waals surface area contributed by atoms with Crippen molar-refractivity contribution in [2.75, 3.05) is 6.61 Å². The van der Waals surface area contributed by atoms with E-state index in [4.69, 9.17) is 9.15 Å². The van der Waals surface area contributed by atoms with Crippen molar-refractivity contribution in [1.82, 2.24) is 9.55 Å². The van der Waals surface area contributed by atoms with Crippen LogP contribution in [0.5, 0.6) is 0 Å². The van der Waals surface area contributed by atoms with Crippen LogP contribution in [0, 0.1) is 0 Å². The standard InChI is InChI=1S/C29H28N2O4/c1-2-35-29(12-6-3-7-13-29)25-23-11-10-20(28(32)33)17-24(23)31-18-21(27-30-14-15-34-27)16-19-8-4-5-9-22(19)26(25)31/h4-5,8-11,14-17H,2-3,6-7,12-13,18H2,1H3,(H,32,33). The Morgan fingerprint density at radius 1 is 1.17 bits per heavy atom. The number of benzene rings is 2. The van der Waals surface area contributed by atoms with Gasteiger partial charge >= 0.3 is 5.97 Å². The van der Waals surface area contributed by atoms with Gasteiger partial charge in [0.15, 0.2) is 0 Å². The second-order valence-corrected chi connectivity index (χ2v) is 9.43. The van der Waals surface area contributed by atoms with Crippen LogP contribution < -0.4 is 0 Å². The zero-order chi connectivity index (χ0) is 24.0. The topological polar surface area (TPSA) is 77.5 Å². The SMILES string of the molecule is CCOC1(c2c3n(c4cc(C(=O)O)ccc24)CC(c2ncco2)=Cc2ccccc2-3)CCCCC1. The molecule has 178 valence electrons. The fourth-order valence-electron chi connectivity index (χ4n) is 6.01. The van der Waals surface area contributed by atoms with Gasteiger partial charge in [0, 0.05) is 28.7 Å². The summed E-state index contributed by atoms with van der Waals surface area (Å²) in [5, 5.41) is 10.8. The molecule has 0 saturated heterocycles. The molecule has 6 heteroatoms. The number of carboxylic acids is 1. The van der Waals surface area contributed by atoms with Crippen LogP contribution in [0.25, 0.3) is 33.8 Å². The molecule has 0 unspecified atom stereocenters. The van der Waals surface area contributed by atoms with Gasteiger partial charge in [-0.1, -0.05) is 49.6 Å². The average molecular weight is 469 g/mol. The van der Waals surface area contributed by atoms with Crippen LogP contribution in [0.4, 0.5) is 0 Å². The van der Waals surface area contributed by atoms with Crippen LogP contribution in [-0.4, -0.2) is 27.2 Å². The Morgan fingerprint density at radius 2 is 2.00 bits per heavy atom. The third-order valence-corrected chi connectivity index (χ3v) is 7.43. The van der Waals surface area contributed by atoms with Crippen LogP contribution in [0.2, 0.25) is 0 Å². The van der Waals surface area contributed by atoms with Gasteiger partial charge < -0.3 is 18.8 Å². The Morgan fingerprint density at radius 3 is 2.74 bits per heavy atom. The number of oxazole rings is 1. The minimum absolute atomic E-state index is 0.276. The minimum atomic E-state index is -0.932. The second-order valence-electron chi connectivity index (χ2n) is 9.43. The van der Waals surface area contributed by atoms with Gasteiger partial charge in [0.25, 0.3) is 0 Å². The predicted molar refractivity (Wildman–Crippen MR) is 135 cm³/mol. The van der Waals surface area contributed by atoms with Crippen LogP contribution in [0.1, 0.15) is 66.4 Å². The monoisotopic (exact) mass is 468 g/mol. The molecule has 1 fully saturated rings. The molecule has 2 aromatic heterocycles. The van der Waals surface area contributed by atoms with Crippen LogP contribution >= 0.6 is 0 Å². The van der Waals surface area contributed by atoms with E-state index in [1.165, 1.54) is 12.0 Å². The highest BCUT2D eigenvalue weighted by Crippen LogP contribution is 2.50. The summed E-state index contributed by atoms with van der Waals surface area (Å²) in [6.07, 6.45) is 10.7. The molecule has 0 spiro atoms. The molecule has 3 heterocycles. The highest BCUT2D eigenvalue weighted by Gasteiger charge is 2.41. The first-order valence-electron chi connectivity index (χ1n) is 12.3. The van der Waals surface area contributed by atoms with Gasteiger partial charge in [0.05, 0.1) is 35.1 Å². The van der Waals surface area contributed by atoms with E-state index < -0.39 is 11.6 Å². The summed E-state index contributed by atoms with van der Waals surface area (Å²) in [6.45, 7) is 3.21. The molecule has 0 atom stereocenters. The van der Waals surface area contributed by atoms with Crippen LogP contribution in [0.3, 0.4) is 0 Å². The van der Waals surface area contributed by atoms with Crippen molar-refractivity contribution in [2.45, 2.75) is 51.2 Å². The largest absolute Gasteiger partial charge is 0.478 e. The van der Waals surface area contributed by atoms with Gasteiger partial charge in [-0.25, -0.2) is 9.78 Å². The van der Waals surface area contributed by atoms with Gasteiger partial charge in [0.1, 0.15) is 6.26 Å². The van der Waals surface area contributed by atoms with Crippen molar-refractivity contribution < 1.29 is 19.1 Å². The molecule has 2 aromatic carbocycles. The Hall–Kier alpha value is -3.64. The third kappa shape index (κ3) is 3.51. The second kappa shape index (κ2) is 8.54. The number of ether oxygens (including phenoxy) is 1. The highest BCUT2D eigenvalue weighted by molar-refractivity contribution is 6.01. The summed E-state index contributed by atoms with van der Waals surface area (Å²) in [4.78, 5) is 16.4. The zero-order valence-electron chi connectivity index (χ0n) is 19.8. The van der Waals surface area contributed by atoms with E-state index in [2.05, 4.69) is 40.7 Å². The number of rotatable bonds is 5. The quantitative estimate of drug-likeness (QED) is 0.351. The Bertz CT molecular complexity index is 1430. The number of hydrogen-bond acceptors (Lipinski definition) is 4. The lowest BCUT2D eigenvalue weighted by molar-refractivity contribution is -0.0689. The normalized spacial score (nSPS) is 16.9. The number of nitrogens with zero attached hydrogens (tertiary/aromatic N) is 2. The molecule has 4 aromatic rings. The van der Waals surface area contributed by atoms with E-state index in [-0.39, 0.29) is 5.56 Å². The molecule has 0 radical (unpaired) electrons. The summed E-state index contributed by atoms with van der Waals surface area (Å²) < 4.78 is 14.6. The summed E-state index contributed by atoms with van der Waals surface area (Å²) in [5.74, 6) is -0.360.